The van der Waals surface area contributed by atoms with Crippen molar-refractivity contribution in [1.29, 1.82) is 0 Å². The minimum Gasteiger partial charge on any atom is -0.322 e. The molecule has 4 rings (SSSR count). The van der Waals surface area contributed by atoms with Crippen LogP contribution in [0.15, 0.2) is 42.5 Å². The topological polar surface area (TPSA) is 29.1 Å². The van der Waals surface area contributed by atoms with Gasteiger partial charge in [0.1, 0.15) is 0 Å². The first-order chi connectivity index (χ1) is 12.3. The summed E-state index contributed by atoms with van der Waals surface area (Å²) in [6.07, 6.45) is 5.97. The first-order valence-electron chi connectivity index (χ1n) is 9.06. The summed E-state index contributed by atoms with van der Waals surface area (Å²) < 4.78 is 0.520. The number of nitrogens with one attached hydrogen (secondary N) is 1. The van der Waals surface area contributed by atoms with Crippen LogP contribution in [0.3, 0.4) is 0 Å². The lowest BCUT2D eigenvalue weighted by Gasteiger charge is -2.21. The standard InChI is InChI=1S/C21H23NOS2/c23-20(22-19-8-3-6-15-5-1-2-7-18(15)19)16-9-11-17(12-10-16)21-24-13-4-14-25-21/h3,6,8-12,21H,1-2,4-5,7,13-14H2,(H,22,23). The smallest absolute Gasteiger partial charge is 0.255 e. The monoisotopic (exact) mass is 369 g/mol. The highest BCUT2D eigenvalue weighted by molar-refractivity contribution is 8.16. The van der Waals surface area contributed by atoms with Gasteiger partial charge in [0, 0.05) is 11.3 Å². The van der Waals surface area contributed by atoms with Crippen molar-refractivity contribution in [3.63, 3.8) is 0 Å². The molecule has 2 aromatic rings. The molecule has 130 valence electrons. The molecule has 0 aromatic heterocycles. The number of thioether (sulfide) groups is 2. The molecule has 2 aromatic carbocycles. The zero-order valence-corrected chi connectivity index (χ0v) is 15.9. The largest absolute Gasteiger partial charge is 0.322 e. The maximum atomic E-state index is 12.7. The van der Waals surface area contributed by atoms with Gasteiger partial charge in [-0.05, 0) is 78.5 Å². The Kier molecular flexibility index (Phi) is 5.37. The SMILES string of the molecule is O=C(Nc1cccc2c1CCCC2)c1ccc(C2SCCCS2)cc1. The quantitative estimate of drug-likeness (QED) is 0.754. The lowest BCUT2D eigenvalue weighted by Crippen LogP contribution is -2.15. The van der Waals surface area contributed by atoms with Gasteiger partial charge in [-0.3, -0.25) is 4.79 Å². The normalized spacial score (nSPS) is 17.8. The molecule has 0 radical (unpaired) electrons. The minimum absolute atomic E-state index is 0.00512. The van der Waals surface area contributed by atoms with E-state index < -0.39 is 0 Å². The van der Waals surface area contributed by atoms with Crippen molar-refractivity contribution in [1.82, 2.24) is 0 Å². The summed E-state index contributed by atoms with van der Waals surface area (Å²) in [5, 5.41) is 3.14. The fraction of sp³-hybridized carbons (Fsp3) is 0.381. The molecule has 0 bridgehead atoms. The van der Waals surface area contributed by atoms with Gasteiger partial charge in [-0.1, -0.05) is 24.3 Å². The van der Waals surface area contributed by atoms with Gasteiger partial charge in [-0.2, -0.15) is 0 Å². The Labute approximate surface area is 158 Å². The third-order valence-electron chi connectivity index (χ3n) is 4.92. The Morgan fingerprint density at radius 3 is 2.48 bits per heavy atom. The van der Waals surface area contributed by atoms with E-state index in [1.165, 1.54) is 47.5 Å². The minimum atomic E-state index is -0.00512. The number of amides is 1. The van der Waals surface area contributed by atoms with Crippen LogP contribution in [0.4, 0.5) is 5.69 Å². The number of rotatable bonds is 3. The molecule has 1 heterocycles. The molecule has 2 aliphatic rings. The molecule has 0 spiro atoms. The fourth-order valence-corrected chi connectivity index (χ4v) is 6.46. The van der Waals surface area contributed by atoms with Gasteiger partial charge in [-0.25, -0.2) is 0 Å². The van der Waals surface area contributed by atoms with Gasteiger partial charge in [0.2, 0.25) is 0 Å². The number of aryl methyl sites for hydroxylation is 1. The fourth-order valence-electron chi connectivity index (χ4n) is 3.56. The lowest BCUT2D eigenvalue weighted by molar-refractivity contribution is 0.102. The molecular formula is C21H23NOS2. The van der Waals surface area contributed by atoms with E-state index >= 15 is 0 Å². The zero-order chi connectivity index (χ0) is 17.1. The Hall–Kier alpha value is -1.39. The van der Waals surface area contributed by atoms with Crippen LogP contribution in [0.2, 0.25) is 0 Å². The first kappa shape index (κ1) is 17.0. The number of hydrogen-bond acceptors (Lipinski definition) is 3. The van der Waals surface area contributed by atoms with Gasteiger partial charge >= 0.3 is 0 Å². The third-order valence-corrected chi connectivity index (χ3v) is 7.93. The van der Waals surface area contributed by atoms with Crippen LogP contribution in [-0.4, -0.2) is 17.4 Å². The molecule has 1 N–H and O–H groups in total. The van der Waals surface area contributed by atoms with Crippen molar-refractivity contribution in [2.24, 2.45) is 0 Å². The zero-order valence-electron chi connectivity index (χ0n) is 14.3. The summed E-state index contributed by atoms with van der Waals surface area (Å²) in [5.74, 6) is 2.47. The molecule has 25 heavy (non-hydrogen) atoms. The number of carbonyl (C=O) groups is 1. The van der Waals surface area contributed by atoms with Crippen molar-refractivity contribution in [2.75, 3.05) is 16.8 Å². The van der Waals surface area contributed by atoms with Crippen LogP contribution in [-0.2, 0) is 12.8 Å². The van der Waals surface area contributed by atoms with Gasteiger partial charge in [0.15, 0.2) is 0 Å². The highest BCUT2D eigenvalue weighted by Gasteiger charge is 2.18. The Bertz CT molecular complexity index is 751. The van der Waals surface area contributed by atoms with Gasteiger partial charge in [-0.15, -0.1) is 23.5 Å². The Morgan fingerprint density at radius 2 is 1.68 bits per heavy atom. The molecule has 1 fully saturated rings. The van der Waals surface area contributed by atoms with E-state index in [9.17, 15) is 4.79 Å². The molecule has 0 unspecified atom stereocenters. The van der Waals surface area contributed by atoms with Crippen molar-refractivity contribution in [3.05, 3.63) is 64.7 Å². The Morgan fingerprint density at radius 1 is 0.920 bits per heavy atom. The van der Waals surface area contributed by atoms with Crippen LogP contribution in [0, 0.1) is 0 Å². The number of benzene rings is 2. The lowest BCUT2D eigenvalue weighted by atomic mass is 9.90. The molecule has 1 aliphatic heterocycles. The van der Waals surface area contributed by atoms with E-state index in [-0.39, 0.29) is 5.91 Å². The number of fused-ring (bicyclic) bond motifs is 1. The van der Waals surface area contributed by atoms with Crippen molar-refractivity contribution in [3.8, 4) is 0 Å². The summed E-state index contributed by atoms with van der Waals surface area (Å²) in [5.41, 5.74) is 5.77. The molecule has 1 saturated heterocycles. The van der Waals surface area contributed by atoms with E-state index in [4.69, 9.17) is 0 Å². The van der Waals surface area contributed by atoms with E-state index in [2.05, 4.69) is 29.6 Å². The van der Waals surface area contributed by atoms with Crippen molar-refractivity contribution in [2.45, 2.75) is 36.7 Å². The highest BCUT2D eigenvalue weighted by Crippen LogP contribution is 2.43. The van der Waals surface area contributed by atoms with Gasteiger partial charge in [0.25, 0.3) is 5.91 Å². The second-order valence-electron chi connectivity index (χ2n) is 6.65. The number of carbonyl (C=O) groups excluding carboxylic acids is 1. The maximum absolute atomic E-state index is 12.7. The molecule has 0 saturated carbocycles. The maximum Gasteiger partial charge on any atom is 0.255 e. The van der Waals surface area contributed by atoms with Crippen molar-refractivity contribution < 1.29 is 4.79 Å². The summed E-state index contributed by atoms with van der Waals surface area (Å²) in [7, 11) is 0. The molecule has 1 aliphatic carbocycles. The third kappa shape index (κ3) is 3.90. The average Bonchev–Trinajstić information content (AvgIpc) is 2.69. The van der Waals surface area contributed by atoms with Crippen LogP contribution >= 0.6 is 23.5 Å². The molecule has 4 heteroatoms. The number of hydrogen-bond donors (Lipinski definition) is 1. The van der Waals surface area contributed by atoms with E-state index in [1.54, 1.807) is 0 Å². The molecule has 2 nitrogen and oxygen atoms in total. The van der Waals surface area contributed by atoms with E-state index in [0.717, 1.165) is 24.1 Å². The van der Waals surface area contributed by atoms with Crippen LogP contribution < -0.4 is 5.32 Å². The highest BCUT2D eigenvalue weighted by atomic mass is 32.2. The summed E-state index contributed by atoms with van der Waals surface area (Å²) in [4.78, 5) is 12.7. The van der Waals surface area contributed by atoms with Crippen LogP contribution in [0.25, 0.3) is 0 Å². The predicted molar refractivity (Wildman–Crippen MR) is 110 cm³/mol. The average molecular weight is 370 g/mol. The molecule has 1 amide bonds. The molecular weight excluding hydrogens is 346 g/mol. The number of anilines is 1. The summed E-state index contributed by atoms with van der Waals surface area (Å²) >= 11 is 4.02. The Balaban J connectivity index is 1.48. The molecule has 0 atom stereocenters. The summed E-state index contributed by atoms with van der Waals surface area (Å²) in [6, 6.07) is 14.5. The second-order valence-corrected chi connectivity index (χ2v) is 9.38. The van der Waals surface area contributed by atoms with Crippen LogP contribution in [0.1, 0.15) is 50.9 Å². The summed E-state index contributed by atoms with van der Waals surface area (Å²) in [6.45, 7) is 0. The second kappa shape index (κ2) is 7.88. The van der Waals surface area contributed by atoms with Gasteiger partial charge in [0.05, 0.1) is 4.58 Å². The van der Waals surface area contributed by atoms with Gasteiger partial charge < -0.3 is 5.32 Å². The first-order valence-corrected chi connectivity index (χ1v) is 11.2. The van der Waals surface area contributed by atoms with E-state index in [0.29, 0.717) is 4.58 Å². The van der Waals surface area contributed by atoms with E-state index in [1.807, 2.05) is 41.7 Å². The predicted octanol–water partition coefficient (Wildman–Crippen LogP) is 5.69. The van der Waals surface area contributed by atoms with Crippen LogP contribution in [0.5, 0.6) is 0 Å². The van der Waals surface area contributed by atoms with Crippen molar-refractivity contribution >= 4 is 35.1 Å².